The largest absolute Gasteiger partial charge is 0.504 e. The summed E-state index contributed by atoms with van der Waals surface area (Å²) in [6, 6.07) is 5.50. The van der Waals surface area contributed by atoms with Crippen LogP contribution in [0.4, 0.5) is 0 Å². The Hall–Kier alpha value is -1.30. The van der Waals surface area contributed by atoms with Crippen molar-refractivity contribution in [3.63, 3.8) is 0 Å². The van der Waals surface area contributed by atoms with Crippen molar-refractivity contribution in [3.05, 3.63) is 23.8 Å². The average molecular weight is 409 g/mol. The molecule has 0 bridgehead atoms. The van der Waals surface area contributed by atoms with Gasteiger partial charge in [0, 0.05) is 20.5 Å². The lowest BCUT2D eigenvalue weighted by molar-refractivity contribution is -0.416. The molecule has 29 heavy (non-hydrogen) atoms. The third kappa shape index (κ3) is 8.15. The maximum Gasteiger partial charge on any atom is 0.280 e. The molecule has 1 aliphatic rings. The lowest BCUT2D eigenvalue weighted by Crippen LogP contribution is -2.48. The van der Waals surface area contributed by atoms with Crippen LogP contribution in [0.1, 0.15) is 83.6 Å². The minimum absolute atomic E-state index is 0.0862. The molecule has 0 spiro atoms. The van der Waals surface area contributed by atoms with Crippen LogP contribution in [0.2, 0.25) is 0 Å². The topological polar surface area (TPSA) is 57.2 Å². The maximum absolute atomic E-state index is 9.77. The van der Waals surface area contributed by atoms with Crippen molar-refractivity contribution in [2.75, 3.05) is 14.2 Å². The second-order valence-corrected chi connectivity index (χ2v) is 8.24. The maximum atomic E-state index is 9.77. The molecular formula is C24H40O5. The summed E-state index contributed by atoms with van der Waals surface area (Å²) in [5.74, 6) is -0.296. The third-order valence-electron chi connectivity index (χ3n) is 5.79. The van der Waals surface area contributed by atoms with Crippen molar-refractivity contribution in [1.29, 1.82) is 0 Å². The summed E-state index contributed by atoms with van der Waals surface area (Å²) in [4.78, 5) is 0. The van der Waals surface area contributed by atoms with Gasteiger partial charge in [0.25, 0.3) is 5.97 Å². The molecular weight excluding hydrogens is 368 g/mol. The van der Waals surface area contributed by atoms with Crippen molar-refractivity contribution in [1.82, 2.24) is 0 Å². The summed E-state index contributed by atoms with van der Waals surface area (Å²) < 4.78 is 22.9. The fourth-order valence-corrected chi connectivity index (χ4v) is 4.01. The lowest BCUT2D eigenvalue weighted by Gasteiger charge is -2.41. The van der Waals surface area contributed by atoms with Gasteiger partial charge in [-0.05, 0) is 37.0 Å². The minimum Gasteiger partial charge on any atom is -0.504 e. The van der Waals surface area contributed by atoms with E-state index in [9.17, 15) is 5.11 Å². The summed E-state index contributed by atoms with van der Waals surface area (Å²) in [6.07, 6.45) is 13.1. The highest BCUT2D eigenvalue weighted by Crippen LogP contribution is 2.33. The molecule has 1 heterocycles. The quantitative estimate of drug-likeness (QED) is 0.408. The van der Waals surface area contributed by atoms with Gasteiger partial charge in [-0.15, -0.1) is 0 Å². The molecule has 0 radical (unpaired) electrons. The normalized spacial score (nSPS) is 24.6. The smallest absolute Gasteiger partial charge is 0.280 e. The predicted molar refractivity (Wildman–Crippen MR) is 115 cm³/mol. The van der Waals surface area contributed by atoms with Gasteiger partial charge in [0.05, 0.1) is 19.3 Å². The van der Waals surface area contributed by atoms with Crippen LogP contribution in [-0.2, 0) is 20.6 Å². The van der Waals surface area contributed by atoms with E-state index in [0.29, 0.717) is 5.75 Å². The molecule has 1 saturated heterocycles. The van der Waals surface area contributed by atoms with Crippen LogP contribution >= 0.6 is 0 Å². The highest BCUT2D eigenvalue weighted by atomic mass is 16.9. The Morgan fingerprint density at radius 3 is 2.31 bits per heavy atom. The lowest BCUT2D eigenvalue weighted by atomic mass is 9.98. The van der Waals surface area contributed by atoms with E-state index in [-0.39, 0.29) is 18.0 Å². The number of benzene rings is 1. The van der Waals surface area contributed by atoms with E-state index in [1.165, 1.54) is 44.9 Å². The Labute approximate surface area is 176 Å². The van der Waals surface area contributed by atoms with Crippen LogP contribution in [0.5, 0.6) is 11.5 Å². The number of unbranched alkanes of at least 4 members (excludes halogenated alkanes) is 6. The average Bonchev–Trinajstić information content (AvgIpc) is 2.72. The first kappa shape index (κ1) is 24.0. The standard InChI is InChI=1S/C24H40O5/c1-5-6-7-8-9-10-11-12-20-18-21(29-24(2,27-4)28-20)15-13-19-14-16-22(25)23(17-19)26-3/h14,16-17,20-21,25H,5-13,15,18H2,1-4H3/t20-,21-,24+/m1/s1. The number of aromatic hydroxyl groups is 1. The molecule has 2 rings (SSSR count). The van der Waals surface area contributed by atoms with Crippen LogP contribution in [0, 0.1) is 0 Å². The number of phenolic OH excluding ortho intramolecular Hbond substituents is 1. The number of hydrogen-bond acceptors (Lipinski definition) is 5. The first-order valence-corrected chi connectivity index (χ1v) is 11.3. The van der Waals surface area contributed by atoms with Crippen molar-refractivity contribution in [3.8, 4) is 11.5 Å². The second kappa shape index (κ2) is 12.4. The van der Waals surface area contributed by atoms with E-state index in [4.69, 9.17) is 18.9 Å². The Kier molecular flexibility index (Phi) is 10.3. The van der Waals surface area contributed by atoms with Gasteiger partial charge in [-0.1, -0.05) is 57.9 Å². The molecule has 1 fully saturated rings. The molecule has 1 aromatic rings. The Morgan fingerprint density at radius 1 is 1.00 bits per heavy atom. The molecule has 5 nitrogen and oxygen atoms in total. The number of ether oxygens (including phenoxy) is 4. The number of phenols is 1. The fraction of sp³-hybridized carbons (Fsp3) is 0.750. The summed E-state index contributed by atoms with van der Waals surface area (Å²) in [5, 5.41) is 9.77. The number of hydrogen-bond donors (Lipinski definition) is 1. The first-order chi connectivity index (χ1) is 14.0. The molecule has 3 atom stereocenters. The van der Waals surface area contributed by atoms with Crippen molar-refractivity contribution < 1.29 is 24.1 Å². The molecule has 0 unspecified atom stereocenters. The highest BCUT2D eigenvalue weighted by molar-refractivity contribution is 5.41. The van der Waals surface area contributed by atoms with Crippen LogP contribution in [0.15, 0.2) is 18.2 Å². The first-order valence-electron chi connectivity index (χ1n) is 11.3. The van der Waals surface area contributed by atoms with Crippen molar-refractivity contribution in [2.24, 2.45) is 0 Å². The third-order valence-corrected chi connectivity index (χ3v) is 5.79. The summed E-state index contributed by atoms with van der Waals surface area (Å²) in [7, 11) is 3.21. The van der Waals surface area contributed by atoms with Gasteiger partial charge in [-0.2, -0.15) is 0 Å². The SMILES string of the molecule is CCCCCCCCC[C@@H]1C[C@@H](CCc2ccc(O)c(OC)c2)O[C@@](C)(OC)O1. The van der Waals surface area contributed by atoms with Crippen molar-refractivity contribution in [2.45, 2.75) is 103 Å². The highest BCUT2D eigenvalue weighted by Gasteiger charge is 2.38. The van der Waals surface area contributed by atoms with E-state index < -0.39 is 5.97 Å². The van der Waals surface area contributed by atoms with Crippen LogP contribution in [-0.4, -0.2) is 37.5 Å². The minimum atomic E-state index is -0.971. The molecule has 1 N–H and O–H groups in total. The molecule has 0 aromatic heterocycles. The number of methoxy groups -OCH3 is 2. The summed E-state index contributed by atoms with van der Waals surface area (Å²) in [6.45, 7) is 4.12. The van der Waals surface area contributed by atoms with Crippen LogP contribution < -0.4 is 4.74 Å². The predicted octanol–water partition coefficient (Wildman–Crippen LogP) is 5.97. The molecule has 0 saturated carbocycles. The van der Waals surface area contributed by atoms with E-state index in [1.54, 1.807) is 20.3 Å². The summed E-state index contributed by atoms with van der Waals surface area (Å²) in [5.41, 5.74) is 1.12. The zero-order valence-corrected chi connectivity index (χ0v) is 18.7. The van der Waals surface area contributed by atoms with Gasteiger partial charge in [0.15, 0.2) is 11.5 Å². The number of rotatable bonds is 13. The van der Waals surface area contributed by atoms with Gasteiger partial charge in [0.1, 0.15) is 0 Å². The molecule has 5 heteroatoms. The Morgan fingerprint density at radius 2 is 1.66 bits per heavy atom. The van der Waals surface area contributed by atoms with Gasteiger partial charge < -0.3 is 24.1 Å². The Bertz CT molecular complexity index is 591. The molecule has 0 aliphatic carbocycles. The Balaban J connectivity index is 1.81. The fourth-order valence-electron chi connectivity index (χ4n) is 4.01. The van der Waals surface area contributed by atoms with Gasteiger partial charge in [0.2, 0.25) is 0 Å². The molecule has 1 aromatic carbocycles. The van der Waals surface area contributed by atoms with Crippen molar-refractivity contribution >= 4 is 0 Å². The van der Waals surface area contributed by atoms with E-state index >= 15 is 0 Å². The summed E-state index contributed by atoms with van der Waals surface area (Å²) >= 11 is 0. The van der Waals surface area contributed by atoms with Gasteiger partial charge >= 0.3 is 0 Å². The zero-order chi connectivity index (χ0) is 21.1. The number of aryl methyl sites for hydroxylation is 1. The monoisotopic (exact) mass is 408 g/mol. The van der Waals surface area contributed by atoms with E-state index in [2.05, 4.69) is 6.92 Å². The van der Waals surface area contributed by atoms with Crippen LogP contribution in [0.25, 0.3) is 0 Å². The zero-order valence-electron chi connectivity index (χ0n) is 18.7. The van der Waals surface area contributed by atoms with Crippen LogP contribution in [0.3, 0.4) is 0 Å². The van der Waals surface area contributed by atoms with E-state index in [1.807, 2.05) is 19.1 Å². The second-order valence-electron chi connectivity index (χ2n) is 8.24. The van der Waals surface area contributed by atoms with Gasteiger partial charge in [-0.3, -0.25) is 0 Å². The molecule has 1 aliphatic heterocycles. The van der Waals surface area contributed by atoms with Gasteiger partial charge in [-0.25, -0.2) is 0 Å². The molecule has 166 valence electrons. The van der Waals surface area contributed by atoms with E-state index in [0.717, 1.165) is 31.2 Å². The molecule has 0 amide bonds.